The van der Waals surface area contributed by atoms with E-state index in [1.165, 1.54) is 16.3 Å². The fraction of sp³-hybridized carbons (Fsp3) is 0.231. The van der Waals surface area contributed by atoms with Crippen molar-refractivity contribution in [2.75, 3.05) is 0 Å². The van der Waals surface area contributed by atoms with E-state index in [2.05, 4.69) is 50.2 Å². The summed E-state index contributed by atoms with van der Waals surface area (Å²) in [6.07, 6.45) is 1.83. The Morgan fingerprint density at radius 3 is 2.39 bits per heavy atom. The summed E-state index contributed by atoms with van der Waals surface area (Å²) in [6, 6.07) is 20.9. The van der Waals surface area contributed by atoms with Crippen LogP contribution in [0.15, 0.2) is 60.7 Å². The molecule has 1 aliphatic rings. The Balaban J connectivity index is 2.01. The first-order valence-corrected chi connectivity index (χ1v) is 9.88. The molecule has 5 rings (SSSR count). The number of para-hydroxylation sites is 1. The van der Waals surface area contributed by atoms with Crippen LogP contribution in [0.3, 0.4) is 0 Å². The maximum atomic E-state index is 12.9. The average Bonchev–Trinajstić information content (AvgIpc) is 2.67. The number of aromatic nitrogens is 1. The highest BCUT2D eigenvalue weighted by Crippen LogP contribution is 2.44. The zero-order chi connectivity index (χ0) is 19.5. The molecular formula is C26H23NO. The molecule has 0 unspecified atom stereocenters. The zero-order valence-electron chi connectivity index (χ0n) is 16.5. The molecule has 2 heteroatoms. The van der Waals surface area contributed by atoms with Gasteiger partial charge in [-0.25, -0.2) is 0 Å². The smallest absolute Gasteiger partial charge is 0.160 e. The molecule has 0 atom stereocenters. The van der Waals surface area contributed by atoms with Gasteiger partial charge < -0.3 is 0 Å². The van der Waals surface area contributed by atoms with Gasteiger partial charge in [0.2, 0.25) is 0 Å². The predicted molar refractivity (Wildman–Crippen MR) is 116 cm³/mol. The minimum absolute atomic E-state index is 0.0783. The number of hydrogen-bond donors (Lipinski definition) is 0. The van der Waals surface area contributed by atoms with Crippen LogP contribution in [-0.4, -0.2) is 10.8 Å². The van der Waals surface area contributed by atoms with Gasteiger partial charge in [0.05, 0.1) is 5.52 Å². The molecule has 1 aromatic heterocycles. The van der Waals surface area contributed by atoms with Gasteiger partial charge in [-0.15, -0.1) is 0 Å². The third-order valence-corrected chi connectivity index (χ3v) is 5.91. The molecule has 1 aliphatic carbocycles. The molecule has 0 radical (unpaired) electrons. The van der Waals surface area contributed by atoms with Gasteiger partial charge in [-0.05, 0) is 59.4 Å². The van der Waals surface area contributed by atoms with Crippen LogP contribution in [0.1, 0.15) is 42.4 Å². The van der Waals surface area contributed by atoms with Crippen LogP contribution in [0.2, 0.25) is 0 Å². The molecular weight excluding hydrogens is 342 g/mol. The van der Waals surface area contributed by atoms with Gasteiger partial charge in [-0.3, -0.25) is 9.78 Å². The Morgan fingerprint density at radius 1 is 0.929 bits per heavy atom. The molecule has 0 spiro atoms. The molecule has 0 saturated carbocycles. The van der Waals surface area contributed by atoms with Crippen molar-refractivity contribution in [3.63, 3.8) is 0 Å². The normalized spacial score (nSPS) is 15.1. The van der Waals surface area contributed by atoms with E-state index in [1.54, 1.807) is 6.92 Å². The molecule has 0 saturated heterocycles. The summed E-state index contributed by atoms with van der Waals surface area (Å²) in [5, 5.41) is 3.58. The number of hydrogen-bond acceptors (Lipinski definition) is 2. The van der Waals surface area contributed by atoms with E-state index < -0.39 is 0 Å². The van der Waals surface area contributed by atoms with Gasteiger partial charge in [-0.2, -0.15) is 0 Å². The first-order valence-electron chi connectivity index (χ1n) is 9.88. The highest BCUT2D eigenvalue weighted by atomic mass is 16.1. The third-order valence-electron chi connectivity index (χ3n) is 5.91. The minimum atomic E-state index is 0.0783. The molecule has 0 amide bonds. The summed E-state index contributed by atoms with van der Waals surface area (Å²) < 4.78 is 0. The molecule has 0 fully saturated rings. The fourth-order valence-electron chi connectivity index (χ4n) is 4.83. The molecule has 0 bridgehead atoms. The summed E-state index contributed by atoms with van der Waals surface area (Å²) in [5.41, 5.74) is 6.41. The van der Waals surface area contributed by atoms with Gasteiger partial charge >= 0.3 is 0 Å². The van der Waals surface area contributed by atoms with Gasteiger partial charge in [0.1, 0.15) is 0 Å². The summed E-state index contributed by atoms with van der Waals surface area (Å²) >= 11 is 0. The van der Waals surface area contributed by atoms with Gasteiger partial charge in [-0.1, -0.05) is 62.4 Å². The van der Waals surface area contributed by atoms with Crippen LogP contribution in [0.4, 0.5) is 0 Å². The van der Waals surface area contributed by atoms with Crippen LogP contribution in [0.5, 0.6) is 0 Å². The first-order chi connectivity index (χ1) is 13.4. The standard InChI is InChI=1S/C26H23NO/c1-16(28)24-19(17-9-5-4-6-10-17)13-20-18-11-7-8-12-22(18)27-23-15-26(2,3)14-21(24)25(20)23/h4-13H,14-15H2,1-3H3. The van der Waals surface area contributed by atoms with Crippen molar-refractivity contribution in [1.29, 1.82) is 0 Å². The summed E-state index contributed by atoms with van der Waals surface area (Å²) in [7, 11) is 0. The van der Waals surface area contributed by atoms with Crippen molar-refractivity contribution in [2.45, 2.75) is 33.6 Å². The Morgan fingerprint density at radius 2 is 1.64 bits per heavy atom. The van der Waals surface area contributed by atoms with Crippen molar-refractivity contribution in [2.24, 2.45) is 5.41 Å². The Kier molecular flexibility index (Phi) is 3.67. The minimum Gasteiger partial charge on any atom is -0.294 e. The number of rotatable bonds is 2. The van der Waals surface area contributed by atoms with Crippen molar-refractivity contribution >= 4 is 27.5 Å². The van der Waals surface area contributed by atoms with Crippen LogP contribution < -0.4 is 0 Å². The zero-order valence-corrected chi connectivity index (χ0v) is 16.5. The highest BCUT2D eigenvalue weighted by molar-refractivity contribution is 6.15. The number of carbonyl (C=O) groups is 1. The lowest BCUT2D eigenvalue weighted by Crippen LogP contribution is -2.25. The monoisotopic (exact) mass is 365 g/mol. The van der Waals surface area contributed by atoms with Gasteiger partial charge in [0.25, 0.3) is 0 Å². The van der Waals surface area contributed by atoms with E-state index in [0.717, 1.165) is 46.1 Å². The molecule has 4 aromatic rings. The molecule has 138 valence electrons. The van der Waals surface area contributed by atoms with E-state index >= 15 is 0 Å². The predicted octanol–water partition coefficient (Wildman–Crippen LogP) is 6.38. The number of fused-ring (bicyclic) bond motifs is 2. The number of Topliss-reactive ketones (excluding diaryl/α,β-unsaturated/α-hetero) is 1. The van der Waals surface area contributed by atoms with Crippen LogP contribution in [0, 0.1) is 5.41 Å². The van der Waals surface area contributed by atoms with Crippen molar-refractivity contribution in [1.82, 2.24) is 4.98 Å². The SMILES string of the molecule is CC(=O)c1c(-c2ccccc2)cc2c3c(nc4ccccc42)CC(C)(C)Cc13. The molecule has 2 nitrogen and oxygen atoms in total. The molecule has 1 heterocycles. The van der Waals surface area contributed by atoms with E-state index in [4.69, 9.17) is 4.98 Å². The number of nitrogens with zero attached hydrogens (tertiary/aromatic N) is 1. The Bertz CT molecular complexity index is 1250. The van der Waals surface area contributed by atoms with E-state index in [1.807, 2.05) is 24.3 Å². The molecule has 0 N–H and O–H groups in total. The summed E-state index contributed by atoms with van der Waals surface area (Å²) in [5.74, 6) is 0.132. The Labute approximate surface area is 165 Å². The number of pyridine rings is 1. The second kappa shape index (κ2) is 6.00. The van der Waals surface area contributed by atoms with Crippen molar-refractivity contribution in [3.05, 3.63) is 77.5 Å². The fourth-order valence-corrected chi connectivity index (χ4v) is 4.83. The van der Waals surface area contributed by atoms with E-state index in [9.17, 15) is 4.79 Å². The van der Waals surface area contributed by atoms with Gasteiger partial charge in [0, 0.05) is 22.0 Å². The maximum absolute atomic E-state index is 12.9. The van der Waals surface area contributed by atoms with E-state index in [0.29, 0.717) is 0 Å². The number of carbonyl (C=O) groups excluding carboxylic acids is 1. The van der Waals surface area contributed by atoms with Crippen LogP contribution in [0.25, 0.3) is 32.8 Å². The summed E-state index contributed by atoms with van der Waals surface area (Å²) in [6.45, 7) is 6.25. The molecule has 28 heavy (non-hydrogen) atoms. The highest BCUT2D eigenvalue weighted by Gasteiger charge is 2.32. The average molecular weight is 365 g/mol. The largest absolute Gasteiger partial charge is 0.294 e. The van der Waals surface area contributed by atoms with Crippen LogP contribution in [-0.2, 0) is 12.8 Å². The van der Waals surface area contributed by atoms with Crippen LogP contribution >= 0.6 is 0 Å². The summed E-state index contributed by atoms with van der Waals surface area (Å²) in [4.78, 5) is 17.9. The van der Waals surface area contributed by atoms with Gasteiger partial charge in [0.15, 0.2) is 5.78 Å². The number of benzene rings is 3. The lowest BCUT2D eigenvalue weighted by atomic mass is 9.72. The molecule has 0 aliphatic heterocycles. The second-order valence-corrected chi connectivity index (χ2v) is 8.72. The topological polar surface area (TPSA) is 30.0 Å². The van der Waals surface area contributed by atoms with Crippen molar-refractivity contribution in [3.8, 4) is 11.1 Å². The van der Waals surface area contributed by atoms with Crippen molar-refractivity contribution < 1.29 is 4.79 Å². The third kappa shape index (κ3) is 2.56. The van der Waals surface area contributed by atoms with E-state index in [-0.39, 0.29) is 11.2 Å². The quantitative estimate of drug-likeness (QED) is 0.305. The lowest BCUT2D eigenvalue weighted by Gasteiger charge is -2.33. The maximum Gasteiger partial charge on any atom is 0.160 e. The first kappa shape index (κ1) is 17.1. The lowest BCUT2D eigenvalue weighted by molar-refractivity contribution is 0.101. The number of ketones is 1. The molecule has 3 aromatic carbocycles. The second-order valence-electron chi connectivity index (χ2n) is 8.72. The Hall–Kier alpha value is -3.00.